The maximum absolute atomic E-state index is 13.1. The minimum Gasteiger partial charge on any atom is -0.497 e. The van der Waals surface area contributed by atoms with E-state index in [0.717, 1.165) is 16.2 Å². The number of halogens is 1. The SMILES string of the molecule is COc1ccc(CCC2(C)NC(=O)N(Cc3nc(N)nc(Nc4ccc(F)cc4)n3)C2=O)cc1. The van der Waals surface area contributed by atoms with E-state index in [1.165, 1.54) is 24.3 Å². The Morgan fingerprint density at radius 3 is 2.47 bits per heavy atom. The summed E-state index contributed by atoms with van der Waals surface area (Å²) >= 11 is 0. The van der Waals surface area contributed by atoms with Crippen molar-refractivity contribution in [2.24, 2.45) is 0 Å². The molecule has 34 heavy (non-hydrogen) atoms. The second-order valence-electron chi connectivity index (χ2n) is 8.07. The van der Waals surface area contributed by atoms with Crippen LogP contribution in [0.3, 0.4) is 0 Å². The van der Waals surface area contributed by atoms with Crippen molar-refractivity contribution in [1.29, 1.82) is 0 Å². The molecule has 176 valence electrons. The molecule has 2 heterocycles. The number of anilines is 3. The van der Waals surface area contributed by atoms with Crippen molar-refractivity contribution < 1.29 is 18.7 Å². The summed E-state index contributed by atoms with van der Waals surface area (Å²) < 4.78 is 18.3. The van der Waals surface area contributed by atoms with Crippen LogP contribution in [-0.4, -0.2) is 44.4 Å². The number of amides is 3. The van der Waals surface area contributed by atoms with Crippen LogP contribution in [0.25, 0.3) is 0 Å². The molecule has 4 N–H and O–H groups in total. The Morgan fingerprint density at radius 2 is 1.79 bits per heavy atom. The molecule has 2 aromatic carbocycles. The van der Waals surface area contributed by atoms with E-state index < -0.39 is 11.6 Å². The largest absolute Gasteiger partial charge is 0.497 e. The summed E-state index contributed by atoms with van der Waals surface area (Å²) in [4.78, 5) is 39.1. The van der Waals surface area contributed by atoms with Gasteiger partial charge in [0.1, 0.15) is 17.1 Å². The number of carbonyl (C=O) groups excluding carboxylic acids is 2. The number of hydrogen-bond acceptors (Lipinski definition) is 8. The van der Waals surface area contributed by atoms with E-state index in [2.05, 4.69) is 25.6 Å². The number of urea groups is 1. The average molecular weight is 465 g/mol. The first-order valence-corrected chi connectivity index (χ1v) is 10.6. The summed E-state index contributed by atoms with van der Waals surface area (Å²) in [5.41, 5.74) is 6.29. The van der Waals surface area contributed by atoms with Crippen LogP contribution in [0.4, 0.5) is 26.8 Å². The normalized spacial score (nSPS) is 17.6. The molecule has 4 rings (SSSR count). The molecule has 1 fully saturated rings. The maximum atomic E-state index is 13.1. The Morgan fingerprint density at radius 1 is 1.09 bits per heavy atom. The van der Waals surface area contributed by atoms with Crippen LogP contribution < -0.4 is 21.1 Å². The van der Waals surface area contributed by atoms with E-state index in [4.69, 9.17) is 10.5 Å². The monoisotopic (exact) mass is 465 g/mol. The predicted octanol–water partition coefficient (Wildman–Crippen LogP) is 2.79. The van der Waals surface area contributed by atoms with Gasteiger partial charge in [-0.1, -0.05) is 12.1 Å². The lowest BCUT2D eigenvalue weighted by Gasteiger charge is -2.21. The Kier molecular flexibility index (Phi) is 6.26. The third kappa shape index (κ3) is 5.03. The quantitative estimate of drug-likeness (QED) is 0.432. The molecule has 1 aliphatic heterocycles. The van der Waals surface area contributed by atoms with Crippen molar-refractivity contribution in [3.05, 3.63) is 65.7 Å². The smallest absolute Gasteiger partial charge is 0.325 e. The number of hydrogen-bond donors (Lipinski definition) is 3. The van der Waals surface area contributed by atoms with Crippen molar-refractivity contribution in [3.8, 4) is 5.75 Å². The lowest BCUT2D eigenvalue weighted by molar-refractivity contribution is -0.131. The van der Waals surface area contributed by atoms with Crippen LogP contribution >= 0.6 is 0 Å². The van der Waals surface area contributed by atoms with Gasteiger partial charge in [-0.05, 0) is 61.7 Å². The van der Waals surface area contributed by atoms with Crippen molar-refractivity contribution in [1.82, 2.24) is 25.2 Å². The average Bonchev–Trinajstić information content (AvgIpc) is 3.02. The summed E-state index contributed by atoms with van der Waals surface area (Å²) in [6.45, 7) is 1.52. The summed E-state index contributed by atoms with van der Waals surface area (Å²) in [5, 5.41) is 5.68. The maximum Gasteiger partial charge on any atom is 0.325 e. The zero-order valence-corrected chi connectivity index (χ0v) is 18.7. The minimum atomic E-state index is -1.06. The number of imide groups is 1. The Labute approximate surface area is 195 Å². The fourth-order valence-electron chi connectivity index (χ4n) is 3.61. The summed E-state index contributed by atoms with van der Waals surface area (Å²) in [6, 6.07) is 12.6. The lowest BCUT2D eigenvalue weighted by Crippen LogP contribution is -2.44. The molecular formula is C23H24FN7O3. The van der Waals surface area contributed by atoms with Gasteiger partial charge in [-0.25, -0.2) is 9.18 Å². The molecule has 1 unspecified atom stereocenters. The van der Waals surface area contributed by atoms with Gasteiger partial charge in [0.05, 0.1) is 13.7 Å². The predicted molar refractivity (Wildman–Crippen MR) is 123 cm³/mol. The molecule has 3 amide bonds. The molecule has 10 nitrogen and oxygen atoms in total. The van der Waals surface area contributed by atoms with Gasteiger partial charge in [0.2, 0.25) is 11.9 Å². The number of nitrogens with one attached hydrogen (secondary N) is 2. The van der Waals surface area contributed by atoms with Gasteiger partial charge in [0.15, 0.2) is 5.82 Å². The Hall–Kier alpha value is -4.28. The molecule has 0 saturated carbocycles. The topological polar surface area (TPSA) is 135 Å². The number of rotatable bonds is 8. The van der Waals surface area contributed by atoms with E-state index in [1.54, 1.807) is 14.0 Å². The number of methoxy groups -OCH3 is 1. The Bertz CT molecular complexity index is 1200. The van der Waals surface area contributed by atoms with Crippen molar-refractivity contribution >= 4 is 29.5 Å². The molecule has 0 radical (unpaired) electrons. The molecule has 1 atom stereocenters. The highest BCUT2D eigenvalue weighted by atomic mass is 19.1. The first kappa shape index (κ1) is 22.9. The van der Waals surface area contributed by atoms with E-state index in [0.29, 0.717) is 18.5 Å². The van der Waals surface area contributed by atoms with E-state index in [1.807, 2.05) is 24.3 Å². The minimum absolute atomic E-state index is 0.0797. The van der Waals surface area contributed by atoms with E-state index in [-0.39, 0.29) is 36.0 Å². The number of benzene rings is 2. The molecule has 0 bridgehead atoms. The molecule has 1 aromatic heterocycles. The number of aromatic nitrogens is 3. The first-order valence-electron chi connectivity index (χ1n) is 10.6. The molecular weight excluding hydrogens is 441 g/mol. The van der Waals surface area contributed by atoms with Crippen LogP contribution in [-0.2, 0) is 17.8 Å². The number of nitrogens with zero attached hydrogens (tertiary/aromatic N) is 4. The summed E-state index contributed by atoms with van der Waals surface area (Å²) in [6.07, 6.45) is 1.00. The van der Waals surface area contributed by atoms with Crippen LogP contribution in [0.15, 0.2) is 48.5 Å². The van der Waals surface area contributed by atoms with Crippen molar-refractivity contribution in [3.63, 3.8) is 0 Å². The van der Waals surface area contributed by atoms with Crippen molar-refractivity contribution in [2.75, 3.05) is 18.2 Å². The zero-order valence-electron chi connectivity index (χ0n) is 18.7. The molecule has 1 aliphatic rings. The number of aryl methyl sites for hydroxylation is 1. The third-order valence-corrected chi connectivity index (χ3v) is 5.52. The van der Waals surface area contributed by atoms with Crippen LogP contribution in [0.1, 0.15) is 24.7 Å². The first-order chi connectivity index (χ1) is 16.3. The Balaban J connectivity index is 1.45. The van der Waals surface area contributed by atoms with Gasteiger partial charge in [-0.2, -0.15) is 15.0 Å². The fraction of sp³-hybridized carbons (Fsp3) is 0.261. The van der Waals surface area contributed by atoms with Gasteiger partial charge in [0.25, 0.3) is 5.91 Å². The summed E-state index contributed by atoms with van der Waals surface area (Å²) in [7, 11) is 1.60. The van der Waals surface area contributed by atoms with E-state index in [9.17, 15) is 14.0 Å². The zero-order chi connectivity index (χ0) is 24.3. The number of ether oxygens (including phenoxy) is 1. The van der Waals surface area contributed by atoms with E-state index >= 15 is 0 Å². The standard InChI is InChI=1S/C23H24FN7O3/c1-23(12-11-14-3-9-17(34-2)10-4-14)19(32)31(22(33)30-23)13-18-27-20(25)29-21(28-18)26-16-7-5-15(24)6-8-16/h3-10H,11-13H2,1-2H3,(H,30,33)(H3,25,26,27,28,29). The fourth-order valence-corrected chi connectivity index (χ4v) is 3.61. The van der Waals surface area contributed by atoms with Crippen LogP contribution in [0.5, 0.6) is 5.75 Å². The van der Waals surface area contributed by atoms with Crippen LogP contribution in [0, 0.1) is 5.82 Å². The number of carbonyl (C=O) groups is 2. The molecule has 0 spiro atoms. The second kappa shape index (κ2) is 9.30. The third-order valence-electron chi connectivity index (χ3n) is 5.52. The molecule has 11 heteroatoms. The van der Waals surface area contributed by atoms with Crippen molar-refractivity contribution in [2.45, 2.75) is 31.8 Å². The van der Waals surface area contributed by atoms with Gasteiger partial charge in [-0.15, -0.1) is 0 Å². The van der Waals surface area contributed by atoms with Crippen LogP contribution in [0.2, 0.25) is 0 Å². The molecule has 3 aromatic rings. The summed E-state index contributed by atoms with van der Waals surface area (Å²) in [5.74, 6) is 0.164. The highest BCUT2D eigenvalue weighted by Crippen LogP contribution is 2.25. The van der Waals surface area contributed by atoms with Gasteiger partial charge < -0.3 is 21.1 Å². The van der Waals surface area contributed by atoms with Gasteiger partial charge in [0, 0.05) is 5.69 Å². The molecule has 1 saturated heterocycles. The van der Waals surface area contributed by atoms with Gasteiger partial charge in [-0.3, -0.25) is 9.69 Å². The number of nitrogen functional groups attached to an aromatic ring is 1. The highest BCUT2D eigenvalue weighted by molar-refractivity contribution is 6.06. The lowest BCUT2D eigenvalue weighted by atomic mass is 9.93. The highest BCUT2D eigenvalue weighted by Gasteiger charge is 2.47. The van der Waals surface area contributed by atoms with Gasteiger partial charge >= 0.3 is 6.03 Å². The second-order valence-corrected chi connectivity index (χ2v) is 8.07. The number of nitrogens with two attached hydrogens (primary N) is 1. The molecule has 0 aliphatic carbocycles.